The first-order valence-electron chi connectivity index (χ1n) is 7.91. The number of anilines is 1. The number of fused-ring (bicyclic) bond motifs is 1. The van der Waals surface area contributed by atoms with Crippen molar-refractivity contribution >= 4 is 16.7 Å². The number of rotatable bonds is 3. The van der Waals surface area contributed by atoms with Gasteiger partial charge in [-0.3, -0.25) is 4.98 Å². The van der Waals surface area contributed by atoms with E-state index in [1.165, 1.54) is 12.1 Å². The smallest absolute Gasteiger partial charge is 0.163 e. The summed E-state index contributed by atoms with van der Waals surface area (Å²) in [5.41, 5.74) is 3.49. The number of benzene rings is 2. The summed E-state index contributed by atoms with van der Waals surface area (Å²) < 4.78 is 13.3. The maximum absolute atomic E-state index is 13.3. The fourth-order valence-electron chi connectivity index (χ4n) is 2.83. The van der Waals surface area contributed by atoms with Crippen molar-refractivity contribution in [2.45, 2.75) is 0 Å². The first-order chi connectivity index (χ1) is 12.3. The molecule has 0 fully saturated rings. The van der Waals surface area contributed by atoms with Gasteiger partial charge in [-0.1, -0.05) is 24.3 Å². The van der Waals surface area contributed by atoms with E-state index in [9.17, 15) is 4.39 Å². The summed E-state index contributed by atoms with van der Waals surface area (Å²) in [6.07, 6.45) is 3.45. The second kappa shape index (κ2) is 6.28. The minimum absolute atomic E-state index is 0.259. The zero-order valence-electron chi connectivity index (χ0n) is 13.6. The molecule has 25 heavy (non-hydrogen) atoms. The second-order valence-electron chi connectivity index (χ2n) is 5.60. The minimum Gasteiger partial charge on any atom is -0.373 e. The molecular weight excluding hydrogens is 315 g/mol. The van der Waals surface area contributed by atoms with Gasteiger partial charge in [0, 0.05) is 36.0 Å². The van der Waals surface area contributed by atoms with Crippen molar-refractivity contribution in [3.8, 4) is 22.5 Å². The van der Waals surface area contributed by atoms with Crippen LogP contribution in [0.25, 0.3) is 33.4 Å². The molecule has 0 aliphatic carbocycles. The number of halogens is 1. The molecule has 122 valence electrons. The summed E-state index contributed by atoms with van der Waals surface area (Å²) in [5.74, 6) is 1.08. The number of hydrogen-bond donors (Lipinski definition) is 1. The highest BCUT2D eigenvalue weighted by Gasteiger charge is 2.13. The standard InChI is InChI=1S/C20H15FN4/c1-22-20-17-6-2-5-16(13-7-9-15(21)10-8-13)18(17)24-19(25-20)14-4-3-11-23-12-14/h2-12H,1H3,(H,22,24,25). The van der Waals surface area contributed by atoms with Gasteiger partial charge in [-0.2, -0.15) is 0 Å². The Balaban J connectivity index is 2.00. The van der Waals surface area contributed by atoms with E-state index in [0.29, 0.717) is 5.82 Å². The van der Waals surface area contributed by atoms with E-state index in [1.807, 2.05) is 37.4 Å². The Morgan fingerprint density at radius 2 is 1.72 bits per heavy atom. The molecule has 0 bridgehead atoms. The molecule has 0 aliphatic heterocycles. The predicted octanol–water partition coefficient (Wildman–Crippen LogP) is 4.54. The fraction of sp³-hybridized carbons (Fsp3) is 0.0500. The molecule has 4 rings (SSSR count). The normalized spacial score (nSPS) is 10.8. The summed E-state index contributed by atoms with van der Waals surface area (Å²) in [4.78, 5) is 13.5. The summed E-state index contributed by atoms with van der Waals surface area (Å²) in [6.45, 7) is 0. The summed E-state index contributed by atoms with van der Waals surface area (Å²) in [7, 11) is 1.83. The number of pyridine rings is 1. The molecule has 2 aromatic carbocycles. The van der Waals surface area contributed by atoms with Crippen LogP contribution in [0.2, 0.25) is 0 Å². The van der Waals surface area contributed by atoms with Crippen LogP contribution in [0.1, 0.15) is 0 Å². The summed E-state index contributed by atoms with van der Waals surface area (Å²) in [6, 6.07) is 16.1. The highest BCUT2D eigenvalue weighted by Crippen LogP contribution is 2.32. The van der Waals surface area contributed by atoms with Crippen molar-refractivity contribution in [3.05, 3.63) is 72.8 Å². The predicted molar refractivity (Wildman–Crippen MR) is 97.7 cm³/mol. The Morgan fingerprint density at radius 3 is 2.44 bits per heavy atom. The number of nitrogens with zero attached hydrogens (tertiary/aromatic N) is 3. The van der Waals surface area contributed by atoms with Gasteiger partial charge in [0.05, 0.1) is 5.52 Å². The highest BCUT2D eigenvalue weighted by molar-refractivity contribution is 6.00. The molecule has 0 aliphatic rings. The third-order valence-electron chi connectivity index (χ3n) is 4.04. The average Bonchev–Trinajstić information content (AvgIpc) is 2.68. The van der Waals surface area contributed by atoms with Gasteiger partial charge >= 0.3 is 0 Å². The molecule has 0 unspecified atom stereocenters. The molecule has 0 saturated carbocycles. The Kier molecular flexibility index (Phi) is 3.82. The van der Waals surface area contributed by atoms with Crippen molar-refractivity contribution in [2.75, 3.05) is 12.4 Å². The Hall–Kier alpha value is -3.34. The van der Waals surface area contributed by atoms with Crippen molar-refractivity contribution < 1.29 is 4.39 Å². The Labute approximate surface area is 144 Å². The third-order valence-corrected chi connectivity index (χ3v) is 4.04. The lowest BCUT2D eigenvalue weighted by molar-refractivity contribution is 0.628. The van der Waals surface area contributed by atoms with Gasteiger partial charge in [-0.05, 0) is 35.9 Å². The van der Waals surface area contributed by atoms with Crippen LogP contribution in [-0.2, 0) is 0 Å². The zero-order valence-corrected chi connectivity index (χ0v) is 13.6. The van der Waals surface area contributed by atoms with Crippen molar-refractivity contribution in [1.82, 2.24) is 15.0 Å². The average molecular weight is 330 g/mol. The quantitative estimate of drug-likeness (QED) is 0.599. The topological polar surface area (TPSA) is 50.7 Å². The lowest BCUT2D eigenvalue weighted by atomic mass is 10.0. The first kappa shape index (κ1) is 15.2. The van der Waals surface area contributed by atoms with E-state index in [0.717, 1.165) is 33.4 Å². The molecular formula is C20H15FN4. The monoisotopic (exact) mass is 330 g/mol. The van der Waals surface area contributed by atoms with Gasteiger partial charge in [-0.25, -0.2) is 14.4 Å². The molecule has 1 N–H and O–H groups in total. The molecule has 0 spiro atoms. The van der Waals surface area contributed by atoms with Crippen LogP contribution in [0.3, 0.4) is 0 Å². The van der Waals surface area contributed by atoms with Gasteiger partial charge in [0.15, 0.2) is 5.82 Å². The van der Waals surface area contributed by atoms with Crippen molar-refractivity contribution in [2.24, 2.45) is 0 Å². The van der Waals surface area contributed by atoms with Crippen molar-refractivity contribution in [3.63, 3.8) is 0 Å². The third kappa shape index (κ3) is 2.80. The zero-order chi connectivity index (χ0) is 17.2. The van der Waals surface area contributed by atoms with E-state index in [-0.39, 0.29) is 5.82 Å². The number of aromatic nitrogens is 3. The first-order valence-corrected chi connectivity index (χ1v) is 7.91. The van der Waals surface area contributed by atoms with Gasteiger partial charge < -0.3 is 5.32 Å². The van der Waals surface area contributed by atoms with Crippen molar-refractivity contribution in [1.29, 1.82) is 0 Å². The largest absolute Gasteiger partial charge is 0.373 e. The minimum atomic E-state index is -0.259. The fourth-order valence-corrected chi connectivity index (χ4v) is 2.83. The van der Waals surface area contributed by atoms with E-state index < -0.39 is 0 Å². The molecule has 4 aromatic rings. The molecule has 5 heteroatoms. The molecule has 0 radical (unpaired) electrons. The summed E-state index contributed by atoms with van der Waals surface area (Å²) >= 11 is 0. The lowest BCUT2D eigenvalue weighted by Crippen LogP contribution is -2.00. The SMILES string of the molecule is CNc1nc(-c2cccnc2)nc2c(-c3ccc(F)cc3)cccc12. The van der Waals surface area contributed by atoms with Crippen LogP contribution in [0.4, 0.5) is 10.2 Å². The Bertz CT molecular complexity index is 1030. The molecule has 0 atom stereocenters. The van der Waals surface area contributed by atoms with Gasteiger partial charge in [0.2, 0.25) is 0 Å². The molecule has 2 heterocycles. The maximum atomic E-state index is 13.3. The highest BCUT2D eigenvalue weighted by atomic mass is 19.1. The number of hydrogen-bond acceptors (Lipinski definition) is 4. The Morgan fingerprint density at radius 1 is 0.880 bits per heavy atom. The van der Waals surface area contributed by atoms with E-state index >= 15 is 0 Å². The second-order valence-corrected chi connectivity index (χ2v) is 5.60. The number of nitrogens with one attached hydrogen (secondary N) is 1. The van der Waals surface area contributed by atoms with Crippen LogP contribution in [0.15, 0.2) is 67.0 Å². The van der Waals surface area contributed by atoms with Crippen LogP contribution in [0, 0.1) is 5.82 Å². The van der Waals surface area contributed by atoms with E-state index in [4.69, 9.17) is 4.98 Å². The maximum Gasteiger partial charge on any atom is 0.163 e. The molecule has 4 nitrogen and oxygen atoms in total. The molecule has 2 aromatic heterocycles. The van der Waals surface area contributed by atoms with Crippen LogP contribution >= 0.6 is 0 Å². The van der Waals surface area contributed by atoms with Crippen LogP contribution < -0.4 is 5.32 Å². The summed E-state index contributed by atoms with van der Waals surface area (Å²) in [5, 5.41) is 4.05. The van der Waals surface area contributed by atoms with E-state index in [1.54, 1.807) is 24.5 Å². The van der Waals surface area contributed by atoms with Gasteiger partial charge in [-0.15, -0.1) is 0 Å². The van der Waals surface area contributed by atoms with E-state index in [2.05, 4.69) is 15.3 Å². The van der Waals surface area contributed by atoms with Gasteiger partial charge in [0.25, 0.3) is 0 Å². The molecule has 0 saturated heterocycles. The van der Waals surface area contributed by atoms with Crippen LogP contribution in [-0.4, -0.2) is 22.0 Å². The molecule has 0 amide bonds. The number of para-hydroxylation sites is 1. The van der Waals surface area contributed by atoms with Gasteiger partial charge in [0.1, 0.15) is 11.6 Å². The lowest BCUT2D eigenvalue weighted by Gasteiger charge is -2.11. The van der Waals surface area contributed by atoms with Crippen LogP contribution in [0.5, 0.6) is 0 Å².